The summed E-state index contributed by atoms with van der Waals surface area (Å²) < 4.78 is 29.5. The minimum Gasteiger partial charge on any atom is -0.489 e. The highest BCUT2D eigenvalue weighted by atomic mass is 79.9. The molecule has 4 unspecified atom stereocenters. The Morgan fingerprint density at radius 3 is 0.985 bits per heavy atom. The quantitative estimate of drug-likeness (QED) is 0.0713. The van der Waals surface area contributed by atoms with Gasteiger partial charge in [-0.05, 0) is 151 Å². The van der Waals surface area contributed by atoms with E-state index in [1.54, 1.807) is 0 Å². The Balaban J connectivity index is 1.43. The zero-order chi connectivity index (χ0) is 47.2. The average molecular weight is 1020 g/mol. The van der Waals surface area contributed by atoms with Gasteiger partial charge in [-0.1, -0.05) is 186 Å². The fourth-order valence-corrected chi connectivity index (χ4v) is 9.39. The highest BCUT2D eigenvalue weighted by Crippen LogP contribution is 2.65. The van der Waals surface area contributed by atoms with Crippen LogP contribution in [0.2, 0.25) is 0 Å². The molecule has 6 heteroatoms. The molecule has 6 aromatic carbocycles. The average Bonchev–Trinajstić information content (AvgIpc) is 3.79. The van der Waals surface area contributed by atoms with Crippen LogP contribution in [0.5, 0.6) is 23.0 Å². The highest BCUT2D eigenvalue weighted by Gasteiger charge is 2.53. The molecule has 6 aromatic rings. The molecule has 0 radical (unpaired) electrons. The largest absolute Gasteiger partial charge is 0.489 e. The topological polar surface area (TPSA) is 36.9 Å². The predicted octanol–water partition coefficient (Wildman–Crippen LogP) is 17.6. The van der Waals surface area contributed by atoms with E-state index in [-0.39, 0.29) is 0 Å². The fraction of sp³-hybridized carbons (Fsp3) is 0.344. The molecule has 0 saturated carbocycles. The maximum atomic E-state index is 6.90. The Kier molecular flexibility index (Phi) is 15.5. The maximum Gasteiger partial charge on any atom is 0.161 e. The Labute approximate surface area is 417 Å². The van der Waals surface area contributed by atoms with Crippen molar-refractivity contribution in [2.45, 2.75) is 86.5 Å². The Bertz CT molecular complexity index is 2540. The number of fused-ring (bicyclic) bond motifs is 10. The van der Waals surface area contributed by atoms with Crippen molar-refractivity contribution in [1.82, 2.24) is 0 Å². The third kappa shape index (κ3) is 10.4. The van der Waals surface area contributed by atoms with Crippen LogP contribution in [0, 0.1) is 23.7 Å². The van der Waals surface area contributed by atoms with Crippen molar-refractivity contribution in [2.24, 2.45) is 23.7 Å². The lowest BCUT2D eigenvalue weighted by Crippen LogP contribution is -2.26. The van der Waals surface area contributed by atoms with E-state index in [2.05, 4.69) is 221 Å². The van der Waals surface area contributed by atoms with Crippen LogP contribution in [0.3, 0.4) is 0 Å². The molecule has 348 valence electrons. The summed E-state index contributed by atoms with van der Waals surface area (Å²) >= 11 is 7.22. The summed E-state index contributed by atoms with van der Waals surface area (Å²) in [6.07, 6.45) is 13.0. The summed E-state index contributed by atoms with van der Waals surface area (Å²) in [5.41, 5.74) is 13.3. The van der Waals surface area contributed by atoms with Gasteiger partial charge in [0.15, 0.2) is 23.0 Å². The Morgan fingerprint density at radius 1 is 0.373 bits per heavy atom. The molecule has 4 nitrogen and oxygen atoms in total. The predicted molar refractivity (Wildman–Crippen MR) is 289 cm³/mol. The van der Waals surface area contributed by atoms with Gasteiger partial charge in [-0.3, -0.25) is 0 Å². The second kappa shape index (κ2) is 21.5. The monoisotopic (exact) mass is 1020 g/mol. The van der Waals surface area contributed by atoms with Crippen LogP contribution in [0.4, 0.5) is 0 Å². The lowest BCUT2D eigenvalue weighted by molar-refractivity contribution is 0.217. The van der Waals surface area contributed by atoms with E-state index in [1.807, 2.05) is 0 Å². The molecule has 67 heavy (non-hydrogen) atoms. The third-order valence-electron chi connectivity index (χ3n) is 14.0. The molecule has 0 fully saturated rings. The van der Waals surface area contributed by atoms with Crippen LogP contribution in [-0.4, -0.2) is 26.4 Å². The molecule has 0 aliphatic heterocycles. The number of halogens is 2. The van der Waals surface area contributed by atoms with Crippen molar-refractivity contribution in [1.29, 1.82) is 0 Å². The molecule has 0 heterocycles. The van der Waals surface area contributed by atoms with Gasteiger partial charge in [0.2, 0.25) is 0 Å². The smallest absolute Gasteiger partial charge is 0.161 e. The van der Waals surface area contributed by atoms with Gasteiger partial charge in [-0.25, -0.2) is 0 Å². The Morgan fingerprint density at radius 2 is 0.657 bits per heavy atom. The van der Waals surface area contributed by atoms with Gasteiger partial charge in [0, 0.05) is 8.95 Å². The van der Waals surface area contributed by atoms with E-state index < -0.39 is 5.41 Å². The van der Waals surface area contributed by atoms with Gasteiger partial charge in [0.05, 0.1) is 31.8 Å². The lowest BCUT2D eigenvalue weighted by Gasteiger charge is -2.32. The van der Waals surface area contributed by atoms with E-state index in [1.165, 1.54) is 33.4 Å². The van der Waals surface area contributed by atoms with Crippen molar-refractivity contribution in [3.8, 4) is 45.3 Å². The lowest BCUT2D eigenvalue weighted by atomic mass is 9.70. The van der Waals surface area contributed by atoms with Crippen LogP contribution >= 0.6 is 31.9 Å². The summed E-state index contributed by atoms with van der Waals surface area (Å²) in [6, 6.07) is 40.1. The molecule has 0 saturated heterocycles. The number of rotatable bonds is 20. The normalized spacial score (nSPS) is 15.0. The highest BCUT2D eigenvalue weighted by molar-refractivity contribution is 9.10. The van der Waals surface area contributed by atoms with Gasteiger partial charge in [-0.2, -0.15) is 0 Å². The molecule has 0 amide bonds. The van der Waals surface area contributed by atoms with Gasteiger partial charge < -0.3 is 18.9 Å². The van der Waals surface area contributed by atoms with E-state index in [4.69, 9.17) is 18.9 Å². The molecule has 1 spiro atoms. The van der Waals surface area contributed by atoms with Gasteiger partial charge in [0.25, 0.3) is 0 Å². The fourth-order valence-electron chi connectivity index (χ4n) is 8.86. The van der Waals surface area contributed by atoms with Gasteiger partial charge in [0.1, 0.15) is 0 Å². The van der Waals surface area contributed by atoms with Crippen LogP contribution in [-0.2, 0) is 5.41 Å². The molecule has 4 atom stereocenters. The molecule has 0 aromatic heterocycles. The molecular formula is C61H66Br2O4. The van der Waals surface area contributed by atoms with E-state index in [0.717, 1.165) is 91.0 Å². The summed E-state index contributed by atoms with van der Waals surface area (Å²) in [5, 5.41) is 0. The van der Waals surface area contributed by atoms with Gasteiger partial charge >= 0.3 is 0 Å². The first-order chi connectivity index (χ1) is 32.4. The van der Waals surface area contributed by atoms with Crippen LogP contribution in [0.1, 0.15) is 126 Å². The minimum absolute atomic E-state index is 0.380. The van der Waals surface area contributed by atoms with E-state index in [9.17, 15) is 0 Å². The van der Waals surface area contributed by atoms with Crippen molar-refractivity contribution in [2.75, 3.05) is 26.4 Å². The van der Waals surface area contributed by atoms with Crippen LogP contribution < -0.4 is 18.9 Å². The molecule has 2 aliphatic carbocycles. The molecule has 0 bridgehead atoms. The summed E-state index contributed by atoms with van der Waals surface area (Å²) in [4.78, 5) is 0. The third-order valence-corrected chi connectivity index (χ3v) is 15.1. The minimum atomic E-state index is -0.730. The summed E-state index contributed by atoms with van der Waals surface area (Å²) in [5.74, 6) is 4.66. The second-order valence-corrected chi connectivity index (χ2v) is 20.9. The standard InChI is InChI=1S/C61H66Br2O4/c1-9-39(5)35-64-57-31-51-52-32-58(65-36-40(6)10-2)60(67-38-42(8)12-4)34-56(52)61(55(51)33-59(57)66-37-41(7)11-3)53-29-45(15-13-43-17-23-47(62)24-18-43)21-27-49(53)50-28-22-46(30-54(50)61)16-14-44-19-25-48(63)26-20-44/h13-34,39-42H,9-12,35-38H2,1-8H3/b15-13+,16-14+. The zero-order valence-corrected chi connectivity index (χ0v) is 43.7. The van der Waals surface area contributed by atoms with E-state index >= 15 is 0 Å². The van der Waals surface area contributed by atoms with Crippen LogP contribution in [0.25, 0.3) is 46.6 Å². The first-order valence-electron chi connectivity index (χ1n) is 24.5. The molecule has 8 rings (SSSR count). The first-order valence-corrected chi connectivity index (χ1v) is 26.1. The maximum absolute atomic E-state index is 6.90. The van der Waals surface area contributed by atoms with Crippen molar-refractivity contribution >= 4 is 56.2 Å². The number of hydrogen-bond acceptors (Lipinski definition) is 4. The zero-order valence-electron chi connectivity index (χ0n) is 40.6. The number of benzene rings is 6. The summed E-state index contributed by atoms with van der Waals surface area (Å²) in [6.45, 7) is 20.3. The SMILES string of the molecule is CCC(C)COc1cc2c(cc1OCC(C)CC)C1(c3cc(/C=C/c4ccc(Br)cc4)ccc3-c3ccc(/C=C/c4ccc(Br)cc4)cc31)c1cc(OCC(C)CC)c(OCC(C)CC)cc1-2. The molecule has 0 N–H and O–H groups in total. The van der Waals surface area contributed by atoms with Crippen molar-refractivity contribution < 1.29 is 18.9 Å². The molecular weight excluding hydrogens is 956 g/mol. The van der Waals surface area contributed by atoms with Crippen molar-refractivity contribution in [3.05, 3.63) is 163 Å². The number of ether oxygens (including phenoxy) is 4. The van der Waals surface area contributed by atoms with Crippen LogP contribution in [0.15, 0.2) is 118 Å². The first kappa shape index (κ1) is 48.4. The van der Waals surface area contributed by atoms with Gasteiger partial charge in [-0.15, -0.1) is 0 Å². The summed E-state index contributed by atoms with van der Waals surface area (Å²) in [7, 11) is 0. The number of hydrogen-bond donors (Lipinski definition) is 0. The van der Waals surface area contributed by atoms with Crippen molar-refractivity contribution in [3.63, 3.8) is 0 Å². The molecule has 2 aliphatic rings. The van der Waals surface area contributed by atoms with E-state index in [0.29, 0.717) is 50.1 Å². The second-order valence-electron chi connectivity index (χ2n) is 19.1. The Hall–Kier alpha value is -5.04.